The molecule has 19 heavy (non-hydrogen) atoms. The van der Waals surface area contributed by atoms with Crippen molar-refractivity contribution in [2.75, 3.05) is 0 Å². The highest BCUT2D eigenvalue weighted by Crippen LogP contribution is 2.29. The second-order valence-electron chi connectivity index (χ2n) is 4.27. The topological polar surface area (TPSA) is 66.0 Å². The molecule has 0 aliphatic heterocycles. The minimum atomic E-state index is -0.788. The fourth-order valence-electron chi connectivity index (χ4n) is 2.05. The van der Waals surface area contributed by atoms with Crippen LogP contribution >= 0.6 is 11.3 Å². The monoisotopic (exact) mass is 272 g/mol. The molecule has 0 aliphatic carbocycles. The summed E-state index contributed by atoms with van der Waals surface area (Å²) in [4.78, 5) is 18.3. The molecule has 2 aromatic heterocycles. The average molecular weight is 272 g/mol. The van der Waals surface area contributed by atoms with Gasteiger partial charge in [-0.2, -0.15) is 0 Å². The third kappa shape index (κ3) is 2.37. The fraction of sp³-hybridized carbons (Fsp3) is 0.143. The van der Waals surface area contributed by atoms with Crippen molar-refractivity contribution < 1.29 is 9.90 Å². The van der Waals surface area contributed by atoms with E-state index in [4.69, 9.17) is 5.11 Å². The number of para-hydroxylation sites is 1. The zero-order valence-electron chi connectivity index (χ0n) is 10.1. The summed E-state index contributed by atoms with van der Waals surface area (Å²) >= 11 is 1.51. The minimum absolute atomic E-state index is 0.126. The largest absolute Gasteiger partial charge is 0.481 e. The molecule has 0 saturated heterocycles. The van der Waals surface area contributed by atoms with Gasteiger partial charge >= 0.3 is 5.97 Å². The van der Waals surface area contributed by atoms with Gasteiger partial charge in [0.1, 0.15) is 0 Å². The number of carboxylic acid groups (broad SMARTS) is 1. The van der Waals surface area contributed by atoms with Crippen molar-refractivity contribution in [1.82, 2.24) is 9.97 Å². The van der Waals surface area contributed by atoms with E-state index in [0.717, 1.165) is 27.2 Å². The van der Waals surface area contributed by atoms with Gasteiger partial charge < -0.3 is 10.1 Å². The summed E-state index contributed by atoms with van der Waals surface area (Å²) in [5.74, 6) is -0.788. The second kappa shape index (κ2) is 4.85. The first kappa shape index (κ1) is 11.9. The Morgan fingerprint density at radius 3 is 3.05 bits per heavy atom. The van der Waals surface area contributed by atoms with Crippen LogP contribution in [-0.2, 0) is 11.2 Å². The first-order chi connectivity index (χ1) is 9.24. The molecular weight excluding hydrogens is 260 g/mol. The molecule has 0 atom stereocenters. The molecule has 4 nitrogen and oxygen atoms in total. The number of aromatic nitrogens is 2. The second-order valence-corrected chi connectivity index (χ2v) is 5.21. The standard InChI is InChI=1S/C14H12N2O2S/c17-14(18)6-5-13-16-12(8-19-13)10-7-15-11-4-2-1-3-9(10)11/h1-4,7-8,15H,5-6H2,(H,17,18). The van der Waals surface area contributed by atoms with E-state index in [9.17, 15) is 4.79 Å². The van der Waals surface area contributed by atoms with Crippen molar-refractivity contribution in [2.45, 2.75) is 12.8 Å². The van der Waals surface area contributed by atoms with E-state index in [0.29, 0.717) is 6.42 Å². The van der Waals surface area contributed by atoms with Crippen LogP contribution in [0.15, 0.2) is 35.8 Å². The van der Waals surface area contributed by atoms with Gasteiger partial charge in [0.2, 0.25) is 0 Å². The van der Waals surface area contributed by atoms with Gasteiger partial charge in [-0.05, 0) is 6.07 Å². The lowest BCUT2D eigenvalue weighted by molar-refractivity contribution is -0.136. The van der Waals surface area contributed by atoms with E-state index in [-0.39, 0.29) is 6.42 Å². The van der Waals surface area contributed by atoms with E-state index in [1.165, 1.54) is 11.3 Å². The molecule has 5 heteroatoms. The summed E-state index contributed by atoms with van der Waals surface area (Å²) < 4.78 is 0. The quantitative estimate of drug-likeness (QED) is 0.765. The number of benzene rings is 1. The van der Waals surface area contributed by atoms with Crippen LogP contribution in [0.4, 0.5) is 0 Å². The zero-order valence-corrected chi connectivity index (χ0v) is 10.9. The summed E-state index contributed by atoms with van der Waals surface area (Å²) in [6, 6.07) is 8.06. The van der Waals surface area contributed by atoms with Crippen LogP contribution in [0.25, 0.3) is 22.2 Å². The average Bonchev–Trinajstić information content (AvgIpc) is 3.02. The predicted octanol–water partition coefficient (Wildman–Crippen LogP) is 3.31. The number of fused-ring (bicyclic) bond motifs is 1. The molecule has 0 bridgehead atoms. The number of carboxylic acids is 1. The maximum absolute atomic E-state index is 10.6. The van der Waals surface area contributed by atoms with Gasteiger partial charge in [-0.25, -0.2) is 4.98 Å². The van der Waals surface area contributed by atoms with Gasteiger partial charge in [0, 0.05) is 34.5 Å². The van der Waals surface area contributed by atoms with Crippen molar-refractivity contribution in [1.29, 1.82) is 0 Å². The van der Waals surface area contributed by atoms with Gasteiger partial charge in [-0.1, -0.05) is 18.2 Å². The first-order valence-corrected chi connectivity index (χ1v) is 6.84. The van der Waals surface area contributed by atoms with E-state index in [2.05, 4.69) is 16.0 Å². The lowest BCUT2D eigenvalue weighted by Gasteiger charge is -1.94. The molecule has 0 radical (unpaired) electrons. The molecule has 3 rings (SSSR count). The number of hydrogen-bond donors (Lipinski definition) is 2. The van der Waals surface area contributed by atoms with Gasteiger partial charge in [0.25, 0.3) is 0 Å². The van der Waals surface area contributed by atoms with Crippen LogP contribution in [-0.4, -0.2) is 21.0 Å². The smallest absolute Gasteiger partial charge is 0.303 e. The van der Waals surface area contributed by atoms with Crippen LogP contribution in [0, 0.1) is 0 Å². The molecule has 0 saturated carbocycles. The molecule has 0 fully saturated rings. The number of nitrogens with zero attached hydrogens (tertiary/aromatic N) is 1. The maximum Gasteiger partial charge on any atom is 0.303 e. The van der Waals surface area contributed by atoms with Crippen molar-refractivity contribution in [3.8, 4) is 11.3 Å². The van der Waals surface area contributed by atoms with E-state index in [1.54, 1.807) is 0 Å². The number of nitrogens with one attached hydrogen (secondary N) is 1. The third-order valence-electron chi connectivity index (χ3n) is 2.97. The predicted molar refractivity (Wildman–Crippen MR) is 75.4 cm³/mol. The maximum atomic E-state index is 10.6. The van der Waals surface area contributed by atoms with Crippen LogP contribution < -0.4 is 0 Å². The Balaban J connectivity index is 1.92. The number of aryl methyl sites for hydroxylation is 1. The normalized spacial score (nSPS) is 10.9. The number of rotatable bonds is 4. The Hall–Kier alpha value is -2.14. The Bertz CT molecular complexity index is 730. The highest BCUT2D eigenvalue weighted by molar-refractivity contribution is 7.10. The number of carbonyl (C=O) groups is 1. The molecule has 96 valence electrons. The van der Waals surface area contributed by atoms with Crippen LogP contribution in [0.1, 0.15) is 11.4 Å². The van der Waals surface area contributed by atoms with Gasteiger partial charge in [-0.3, -0.25) is 4.79 Å². The Labute approximate surface area is 113 Å². The lowest BCUT2D eigenvalue weighted by Crippen LogP contribution is -1.96. The van der Waals surface area contributed by atoms with Crippen molar-refractivity contribution in [3.05, 3.63) is 40.8 Å². The number of aliphatic carboxylic acids is 1. The Kier molecular flexibility index (Phi) is 3.05. The SMILES string of the molecule is O=C(O)CCc1nc(-c2c[nH]c3ccccc23)cs1. The highest BCUT2D eigenvalue weighted by Gasteiger charge is 2.10. The molecule has 0 aliphatic rings. The Morgan fingerprint density at radius 1 is 1.37 bits per heavy atom. The highest BCUT2D eigenvalue weighted by atomic mass is 32.1. The molecule has 0 amide bonds. The van der Waals surface area contributed by atoms with Crippen molar-refractivity contribution in [2.24, 2.45) is 0 Å². The molecule has 0 unspecified atom stereocenters. The summed E-state index contributed by atoms with van der Waals surface area (Å²) in [6.07, 6.45) is 2.56. The van der Waals surface area contributed by atoms with Gasteiger partial charge in [0.05, 0.1) is 17.1 Å². The van der Waals surface area contributed by atoms with E-state index in [1.807, 2.05) is 29.8 Å². The Morgan fingerprint density at radius 2 is 2.21 bits per heavy atom. The van der Waals surface area contributed by atoms with Crippen LogP contribution in [0.5, 0.6) is 0 Å². The van der Waals surface area contributed by atoms with E-state index < -0.39 is 5.97 Å². The number of aromatic amines is 1. The number of hydrogen-bond acceptors (Lipinski definition) is 3. The van der Waals surface area contributed by atoms with E-state index >= 15 is 0 Å². The minimum Gasteiger partial charge on any atom is -0.481 e. The molecular formula is C14H12N2O2S. The number of thiazole rings is 1. The van der Waals surface area contributed by atoms with Crippen molar-refractivity contribution in [3.63, 3.8) is 0 Å². The first-order valence-electron chi connectivity index (χ1n) is 5.97. The van der Waals surface area contributed by atoms with Gasteiger partial charge in [0.15, 0.2) is 0 Å². The van der Waals surface area contributed by atoms with Gasteiger partial charge in [-0.15, -0.1) is 11.3 Å². The van der Waals surface area contributed by atoms with Crippen LogP contribution in [0.2, 0.25) is 0 Å². The molecule has 2 heterocycles. The fourth-order valence-corrected chi connectivity index (χ4v) is 2.85. The third-order valence-corrected chi connectivity index (χ3v) is 3.88. The van der Waals surface area contributed by atoms with Crippen molar-refractivity contribution >= 4 is 28.2 Å². The lowest BCUT2D eigenvalue weighted by atomic mass is 10.1. The zero-order chi connectivity index (χ0) is 13.2. The summed E-state index contributed by atoms with van der Waals surface area (Å²) in [5.41, 5.74) is 3.05. The molecule has 0 spiro atoms. The summed E-state index contributed by atoms with van der Waals surface area (Å²) in [7, 11) is 0. The summed E-state index contributed by atoms with van der Waals surface area (Å²) in [5, 5.41) is 12.7. The van der Waals surface area contributed by atoms with Crippen LogP contribution in [0.3, 0.4) is 0 Å². The summed E-state index contributed by atoms with van der Waals surface area (Å²) in [6.45, 7) is 0. The molecule has 2 N–H and O–H groups in total. The molecule has 1 aromatic carbocycles. The number of H-pyrrole nitrogens is 1. The molecule has 3 aromatic rings.